The molecule has 106 valence electrons. The van der Waals surface area contributed by atoms with Crippen molar-refractivity contribution in [2.24, 2.45) is 0 Å². The topological polar surface area (TPSA) is 86.7 Å². The van der Waals surface area contributed by atoms with E-state index in [1.54, 1.807) is 5.32 Å². The van der Waals surface area contributed by atoms with Gasteiger partial charge >= 0.3 is 18.2 Å². The van der Waals surface area contributed by atoms with E-state index in [2.05, 4.69) is 0 Å². The SMILES string of the molecule is O=C(O)/C=C/C(=O)NC(=O)N(CC(F)(F)F)C1CC1. The van der Waals surface area contributed by atoms with Crippen molar-refractivity contribution >= 4 is 17.9 Å². The summed E-state index contributed by atoms with van der Waals surface area (Å²) in [5.41, 5.74) is 0. The minimum atomic E-state index is -4.56. The molecule has 1 aliphatic rings. The Balaban J connectivity index is 2.58. The first kappa shape index (κ1) is 15.0. The van der Waals surface area contributed by atoms with Gasteiger partial charge in [0.05, 0.1) is 0 Å². The summed E-state index contributed by atoms with van der Waals surface area (Å²) in [6.07, 6.45) is -2.63. The number of rotatable bonds is 4. The van der Waals surface area contributed by atoms with Gasteiger partial charge in [-0.25, -0.2) is 9.59 Å². The van der Waals surface area contributed by atoms with Crippen molar-refractivity contribution in [1.82, 2.24) is 10.2 Å². The number of alkyl halides is 3. The maximum absolute atomic E-state index is 12.2. The van der Waals surface area contributed by atoms with Crippen molar-refractivity contribution in [3.63, 3.8) is 0 Å². The fourth-order valence-electron chi connectivity index (χ4n) is 1.31. The molecule has 1 aliphatic carbocycles. The molecule has 6 nitrogen and oxygen atoms in total. The first-order chi connectivity index (χ1) is 8.69. The number of nitrogens with zero attached hydrogens (tertiary/aromatic N) is 1. The van der Waals surface area contributed by atoms with Crippen molar-refractivity contribution in [3.05, 3.63) is 12.2 Å². The molecule has 1 saturated carbocycles. The number of carbonyl (C=O) groups excluding carboxylic acids is 2. The summed E-state index contributed by atoms with van der Waals surface area (Å²) in [6.45, 7) is -1.45. The van der Waals surface area contributed by atoms with E-state index in [9.17, 15) is 27.6 Å². The molecule has 0 atom stereocenters. The lowest BCUT2D eigenvalue weighted by Gasteiger charge is -2.23. The molecule has 1 fully saturated rings. The highest BCUT2D eigenvalue weighted by Crippen LogP contribution is 2.29. The Morgan fingerprint density at radius 1 is 1.26 bits per heavy atom. The van der Waals surface area contributed by atoms with Gasteiger partial charge < -0.3 is 10.0 Å². The lowest BCUT2D eigenvalue weighted by Crippen LogP contribution is -2.47. The lowest BCUT2D eigenvalue weighted by atomic mass is 10.4. The molecule has 0 saturated heterocycles. The predicted molar refractivity (Wildman–Crippen MR) is 56.1 cm³/mol. The van der Waals surface area contributed by atoms with E-state index in [4.69, 9.17) is 5.11 Å². The Morgan fingerprint density at radius 2 is 1.84 bits per heavy atom. The molecule has 0 aromatic rings. The van der Waals surface area contributed by atoms with Gasteiger partial charge in [0.2, 0.25) is 0 Å². The van der Waals surface area contributed by atoms with E-state index in [-0.39, 0.29) is 0 Å². The Hall–Kier alpha value is -2.06. The number of carboxylic acids is 1. The van der Waals surface area contributed by atoms with Gasteiger partial charge in [0, 0.05) is 18.2 Å². The van der Waals surface area contributed by atoms with Crippen LogP contribution in [-0.4, -0.2) is 46.7 Å². The van der Waals surface area contributed by atoms with Crippen LogP contribution >= 0.6 is 0 Å². The average molecular weight is 280 g/mol. The van der Waals surface area contributed by atoms with Gasteiger partial charge in [0.15, 0.2) is 0 Å². The van der Waals surface area contributed by atoms with Crippen molar-refractivity contribution in [1.29, 1.82) is 0 Å². The van der Waals surface area contributed by atoms with Crippen LogP contribution in [0.2, 0.25) is 0 Å². The van der Waals surface area contributed by atoms with E-state index in [1.807, 2.05) is 0 Å². The van der Waals surface area contributed by atoms with Crippen LogP contribution in [0.4, 0.5) is 18.0 Å². The zero-order valence-corrected chi connectivity index (χ0v) is 9.61. The van der Waals surface area contributed by atoms with Gasteiger partial charge in [0.25, 0.3) is 5.91 Å². The second-order valence-electron chi connectivity index (χ2n) is 3.94. The van der Waals surface area contributed by atoms with E-state index < -0.39 is 36.7 Å². The van der Waals surface area contributed by atoms with Gasteiger partial charge in [-0.05, 0) is 12.8 Å². The monoisotopic (exact) mass is 280 g/mol. The number of hydrogen-bond acceptors (Lipinski definition) is 3. The number of carboxylic acid groups (broad SMARTS) is 1. The first-order valence-electron chi connectivity index (χ1n) is 5.28. The molecule has 0 heterocycles. The first-order valence-corrected chi connectivity index (χ1v) is 5.28. The van der Waals surface area contributed by atoms with Crippen molar-refractivity contribution in [2.45, 2.75) is 25.1 Å². The van der Waals surface area contributed by atoms with Crippen molar-refractivity contribution < 1.29 is 32.7 Å². The second kappa shape index (κ2) is 5.72. The molecule has 0 aromatic carbocycles. The quantitative estimate of drug-likeness (QED) is 0.749. The van der Waals surface area contributed by atoms with Crippen molar-refractivity contribution in [3.8, 4) is 0 Å². The van der Waals surface area contributed by atoms with E-state index in [0.29, 0.717) is 29.9 Å². The van der Waals surface area contributed by atoms with Crippen LogP contribution in [0, 0.1) is 0 Å². The smallest absolute Gasteiger partial charge is 0.406 e. The second-order valence-corrected chi connectivity index (χ2v) is 3.94. The zero-order chi connectivity index (χ0) is 14.6. The normalized spacial score (nSPS) is 15.3. The van der Waals surface area contributed by atoms with Crippen LogP contribution in [0.3, 0.4) is 0 Å². The van der Waals surface area contributed by atoms with Gasteiger partial charge in [-0.15, -0.1) is 0 Å². The molecule has 0 aliphatic heterocycles. The highest BCUT2D eigenvalue weighted by atomic mass is 19.4. The molecule has 9 heteroatoms. The number of carbonyl (C=O) groups is 3. The van der Waals surface area contributed by atoms with Gasteiger partial charge in [0.1, 0.15) is 6.54 Å². The summed E-state index contributed by atoms with van der Waals surface area (Å²) in [5, 5.41) is 9.92. The number of urea groups is 1. The largest absolute Gasteiger partial charge is 0.478 e. The summed E-state index contributed by atoms with van der Waals surface area (Å²) >= 11 is 0. The molecule has 19 heavy (non-hydrogen) atoms. The van der Waals surface area contributed by atoms with E-state index in [1.165, 1.54) is 0 Å². The summed E-state index contributed by atoms with van der Waals surface area (Å²) in [5.74, 6) is -2.49. The molecule has 2 N–H and O–H groups in total. The van der Waals surface area contributed by atoms with Crippen LogP contribution in [0.25, 0.3) is 0 Å². The molecule has 1 rings (SSSR count). The predicted octanol–water partition coefficient (Wildman–Crippen LogP) is 0.890. The van der Waals surface area contributed by atoms with Gasteiger partial charge in [-0.1, -0.05) is 0 Å². The van der Waals surface area contributed by atoms with Crippen LogP contribution in [0.15, 0.2) is 12.2 Å². The van der Waals surface area contributed by atoms with Gasteiger partial charge in [-0.3, -0.25) is 10.1 Å². The molecule has 0 radical (unpaired) electrons. The Morgan fingerprint density at radius 3 is 2.26 bits per heavy atom. The third-order valence-electron chi connectivity index (χ3n) is 2.21. The fourth-order valence-corrected chi connectivity index (χ4v) is 1.31. The molecular weight excluding hydrogens is 269 g/mol. The number of aliphatic carboxylic acids is 1. The molecule has 0 bridgehead atoms. The minimum absolute atomic E-state index is 0.447. The summed E-state index contributed by atoms with van der Waals surface area (Å²) in [4.78, 5) is 33.2. The maximum Gasteiger partial charge on any atom is 0.406 e. The Labute approximate surface area is 105 Å². The Kier molecular flexibility index (Phi) is 4.52. The number of halogens is 3. The Bertz CT molecular complexity index is 415. The maximum atomic E-state index is 12.2. The lowest BCUT2D eigenvalue weighted by molar-refractivity contribution is -0.141. The number of hydrogen-bond donors (Lipinski definition) is 2. The highest BCUT2D eigenvalue weighted by molar-refractivity contribution is 6.02. The van der Waals surface area contributed by atoms with Gasteiger partial charge in [-0.2, -0.15) is 13.2 Å². The summed E-state index contributed by atoms with van der Waals surface area (Å²) in [7, 11) is 0. The van der Waals surface area contributed by atoms with Crippen LogP contribution in [-0.2, 0) is 9.59 Å². The number of amides is 3. The third kappa shape index (κ3) is 5.89. The molecule has 0 unspecified atom stereocenters. The molecule has 0 spiro atoms. The van der Waals surface area contributed by atoms with E-state index >= 15 is 0 Å². The van der Waals surface area contributed by atoms with Crippen LogP contribution in [0.1, 0.15) is 12.8 Å². The standard InChI is InChI=1S/C10H11F3N2O4/c11-10(12,13)5-15(6-1-2-6)9(19)14-7(16)3-4-8(17)18/h3-4,6H,1-2,5H2,(H,17,18)(H,14,16,19)/b4-3+. The highest BCUT2D eigenvalue weighted by Gasteiger charge is 2.40. The van der Waals surface area contributed by atoms with Crippen LogP contribution in [0.5, 0.6) is 0 Å². The molecular formula is C10H11F3N2O4. The minimum Gasteiger partial charge on any atom is -0.478 e. The third-order valence-corrected chi connectivity index (χ3v) is 2.21. The molecule has 0 aromatic heterocycles. The number of nitrogens with one attached hydrogen (secondary N) is 1. The summed E-state index contributed by atoms with van der Waals surface area (Å²) in [6, 6.07) is -1.71. The van der Waals surface area contributed by atoms with Crippen LogP contribution < -0.4 is 5.32 Å². The van der Waals surface area contributed by atoms with Crippen molar-refractivity contribution in [2.75, 3.05) is 6.54 Å². The molecule has 3 amide bonds. The number of imide groups is 1. The fraction of sp³-hybridized carbons (Fsp3) is 0.500. The van der Waals surface area contributed by atoms with E-state index in [0.717, 1.165) is 0 Å². The average Bonchev–Trinajstić information content (AvgIpc) is 3.05. The zero-order valence-electron chi connectivity index (χ0n) is 9.61. The summed E-state index contributed by atoms with van der Waals surface area (Å²) < 4.78 is 36.7.